The second kappa shape index (κ2) is 9.35. The third-order valence-electron chi connectivity index (χ3n) is 8.14. The standard InChI is InChI=1S/C30H32FN9/c1-17-22(5-6-25(31)36-17)28(24-15-40(39-38-24)30-9-18(10-30)11-30)37-21-7-19(12-32)26-23(8-21)27(20(13-33)14-34-26)35-16-29(2,3)4/h5-8,14-15,18,28,37-39H,9-11,16H2,1-4H3,(H,34,35)/t18?,28-,30?/m0/s1. The Morgan fingerprint density at radius 3 is 2.55 bits per heavy atom. The number of aryl methyl sites for hydroxylation is 1. The average Bonchev–Trinajstić information content (AvgIpc) is 3.32. The highest BCUT2D eigenvalue weighted by Gasteiger charge is 2.60. The molecule has 4 N–H and O–H groups in total. The quantitative estimate of drug-likeness (QED) is 0.303. The summed E-state index contributed by atoms with van der Waals surface area (Å²) in [6.07, 6.45) is 7.12. The lowest BCUT2D eigenvalue weighted by molar-refractivity contribution is -0.141. The Morgan fingerprint density at radius 2 is 1.93 bits per heavy atom. The van der Waals surface area contributed by atoms with Crippen molar-refractivity contribution in [3.8, 4) is 12.1 Å². The zero-order valence-electron chi connectivity index (χ0n) is 23.1. The van der Waals surface area contributed by atoms with Crippen molar-refractivity contribution in [1.82, 2.24) is 25.9 Å². The van der Waals surface area contributed by atoms with Crippen LogP contribution in [0.15, 0.2) is 42.4 Å². The summed E-state index contributed by atoms with van der Waals surface area (Å²) in [6, 6.07) is 10.9. The van der Waals surface area contributed by atoms with E-state index in [0.29, 0.717) is 45.6 Å². The fraction of sp³-hybridized carbons (Fsp3) is 0.400. The van der Waals surface area contributed by atoms with Crippen LogP contribution in [0.4, 0.5) is 15.8 Å². The fourth-order valence-electron chi connectivity index (χ4n) is 5.89. The van der Waals surface area contributed by atoms with E-state index in [9.17, 15) is 14.9 Å². The molecule has 3 aromatic rings. The van der Waals surface area contributed by atoms with Crippen LogP contribution >= 0.6 is 0 Å². The summed E-state index contributed by atoms with van der Waals surface area (Å²) in [5.41, 5.74) is 11.6. The largest absolute Gasteiger partial charge is 0.383 e. The first kappa shape index (κ1) is 25.8. The molecule has 2 bridgehead atoms. The van der Waals surface area contributed by atoms with Gasteiger partial charge in [0.2, 0.25) is 5.95 Å². The van der Waals surface area contributed by atoms with Crippen LogP contribution < -0.4 is 21.6 Å². The van der Waals surface area contributed by atoms with Crippen LogP contribution in [0.5, 0.6) is 0 Å². The zero-order chi connectivity index (χ0) is 28.2. The van der Waals surface area contributed by atoms with E-state index in [4.69, 9.17) is 0 Å². The lowest BCUT2D eigenvalue weighted by Gasteiger charge is -2.64. The van der Waals surface area contributed by atoms with Gasteiger partial charge in [-0.25, -0.2) is 4.98 Å². The molecule has 0 amide bonds. The van der Waals surface area contributed by atoms with E-state index in [-0.39, 0.29) is 11.0 Å². The molecule has 7 rings (SSSR count). The number of aromatic nitrogens is 2. The van der Waals surface area contributed by atoms with Gasteiger partial charge in [-0.2, -0.15) is 14.9 Å². The van der Waals surface area contributed by atoms with Gasteiger partial charge in [-0.1, -0.05) is 26.8 Å². The van der Waals surface area contributed by atoms with Crippen LogP contribution in [0.1, 0.15) is 68.5 Å². The molecule has 1 atom stereocenters. The van der Waals surface area contributed by atoms with Crippen LogP contribution in [0.3, 0.4) is 0 Å². The number of nitrogens with zero attached hydrogens (tertiary/aromatic N) is 5. The van der Waals surface area contributed by atoms with Gasteiger partial charge in [0.05, 0.1) is 39.6 Å². The highest BCUT2D eigenvalue weighted by Crippen LogP contribution is 2.60. The van der Waals surface area contributed by atoms with Crippen LogP contribution in [-0.4, -0.2) is 27.1 Å². The molecule has 4 aliphatic rings. The number of fused-ring (bicyclic) bond motifs is 1. The first-order chi connectivity index (χ1) is 19.1. The Bertz CT molecular complexity index is 1610. The topological polar surface area (TPSA) is 125 Å². The number of nitriles is 2. The van der Waals surface area contributed by atoms with Crippen LogP contribution in [0.2, 0.25) is 0 Å². The van der Waals surface area contributed by atoms with Gasteiger partial charge in [0.15, 0.2) is 0 Å². The third-order valence-corrected chi connectivity index (χ3v) is 8.14. The molecular weight excluding hydrogens is 505 g/mol. The van der Waals surface area contributed by atoms with Crippen molar-refractivity contribution < 1.29 is 4.39 Å². The summed E-state index contributed by atoms with van der Waals surface area (Å²) < 4.78 is 14.0. The van der Waals surface area contributed by atoms with Crippen LogP contribution in [0.25, 0.3) is 10.9 Å². The molecule has 3 heterocycles. The molecule has 204 valence electrons. The molecule has 0 radical (unpaired) electrons. The smallest absolute Gasteiger partial charge is 0.213 e. The molecule has 0 saturated heterocycles. The summed E-state index contributed by atoms with van der Waals surface area (Å²) in [6.45, 7) is 8.75. The van der Waals surface area contributed by atoms with Crippen LogP contribution in [-0.2, 0) is 0 Å². The molecule has 1 aliphatic heterocycles. The number of hydrogen-bond donors (Lipinski definition) is 4. The fourth-order valence-corrected chi connectivity index (χ4v) is 5.89. The predicted octanol–water partition coefficient (Wildman–Crippen LogP) is 5.15. The number of hydrazine groups is 2. The first-order valence-corrected chi connectivity index (χ1v) is 13.5. The van der Waals surface area contributed by atoms with Gasteiger partial charge >= 0.3 is 0 Å². The monoisotopic (exact) mass is 537 g/mol. The van der Waals surface area contributed by atoms with Gasteiger partial charge in [0.1, 0.15) is 12.1 Å². The number of rotatable bonds is 7. The molecule has 10 heteroatoms. The Balaban J connectivity index is 1.43. The number of anilines is 2. The van der Waals surface area contributed by atoms with Gasteiger partial charge in [-0.3, -0.25) is 9.99 Å². The Labute approximate surface area is 233 Å². The number of nitrogens with one attached hydrogen (secondary N) is 4. The van der Waals surface area contributed by atoms with Crippen molar-refractivity contribution in [2.45, 2.75) is 58.5 Å². The minimum absolute atomic E-state index is 0.0334. The SMILES string of the molecule is Cc1nc(F)ccc1[C@H](Nc1cc(C#N)c2ncc(C#N)c(NCC(C)(C)C)c2c1)C1=CN(C23CC(C2)C3)NN1. The highest BCUT2D eigenvalue weighted by atomic mass is 19.1. The molecule has 2 aromatic heterocycles. The minimum Gasteiger partial charge on any atom is -0.383 e. The summed E-state index contributed by atoms with van der Waals surface area (Å²) in [5, 5.41) is 29.7. The molecule has 0 spiro atoms. The van der Waals surface area contributed by atoms with Crippen LogP contribution in [0, 0.1) is 46.9 Å². The number of benzene rings is 1. The van der Waals surface area contributed by atoms with E-state index in [0.717, 1.165) is 17.2 Å². The number of pyridine rings is 2. The maximum atomic E-state index is 14.0. The molecular formula is C30H32FN9. The molecule has 3 aliphatic carbocycles. The molecule has 9 nitrogen and oxygen atoms in total. The minimum atomic E-state index is -0.538. The molecule has 3 saturated carbocycles. The normalized spacial score (nSPS) is 21.8. The maximum Gasteiger partial charge on any atom is 0.213 e. The van der Waals surface area contributed by atoms with Gasteiger partial charge in [-0.05, 0) is 55.7 Å². The van der Waals surface area contributed by atoms with E-state index in [1.807, 2.05) is 6.07 Å². The van der Waals surface area contributed by atoms with E-state index >= 15 is 0 Å². The van der Waals surface area contributed by atoms with Crippen molar-refractivity contribution in [3.05, 3.63) is 70.7 Å². The van der Waals surface area contributed by atoms with Gasteiger partial charge in [0.25, 0.3) is 0 Å². The van der Waals surface area contributed by atoms with E-state index in [1.54, 1.807) is 19.1 Å². The summed E-state index contributed by atoms with van der Waals surface area (Å²) in [5.74, 6) is 0.288. The first-order valence-electron chi connectivity index (χ1n) is 13.5. The predicted molar refractivity (Wildman–Crippen MR) is 151 cm³/mol. The van der Waals surface area contributed by atoms with E-state index in [2.05, 4.69) is 75.7 Å². The molecule has 1 aromatic carbocycles. The van der Waals surface area contributed by atoms with E-state index in [1.165, 1.54) is 31.5 Å². The second-order valence-corrected chi connectivity index (χ2v) is 12.4. The Morgan fingerprint density at radius 1 is 1.18 bits per heavy atom. The summed E-state index contributed by atoms with van der Waals surface area (Å²) in [7, 11) is 0. The zero-order valence-corrected chi connectivity index (χ0v) is 23.1. The Kier molecular flexibility index (Phi) is 6.04. The summed E-state index contributed by atoms with van der Waals surface area (Å²) >= 11 is 0. The molecule has 40 heavy (non-hydrogen) atoms. The van der Waals surface area contributed by atoms with E-state index < -0.39 is 12.0 Å². The van der Waals surface area contributed by atoms with Crippen molar-refractivity contribution in [2.24, 2.45) is 11.3 Å². The lowest BCUT2D eigenvalue weighted by Crippen LogP contribution is -2.69. The van der Waals surface area contributed by atoms with Gasteiger partial charge in [-0.15, -0.1) is 5.53 Å². The number of hydrogen-bond acceptors (Lipinski definition) is 9. The van der Waals surface area contributed by atoms with Crippen molar-refractivity contribution in [2.75, 3.05) is 17.2 Å². The van der Waals surface area contributed by atoms with Crippen molar-refractivity contribution in [3.63, 3.8) is 0 Å². The number of halogens is 1. The molecule has 0 unspecified atom stereocenters. The summed E-state index contributed by atoms with van der Waals surface area (Å²) in [4.78, 5) is 8.53. The van der Waals surface area contributed by atoms with Gasteiger partial charge < -0.3 is 16.1 Å². The van der Waals surface area contributed by atoms with Gasteiger partial charge in [0, 0.05) is 41.3 Å². The lowest BCUT2D eigenvalue weighted by atomic mass is 9.49. The van der Waals surface area contributed by atoms with Crippen molar-refractivity contribution >= 4 is 22.3 Å². The Hall–Kier alpha value is -4.41. The third kappa shape index (κ3) is 4.44. The molecule has 3 fully saturated rings. The second-order valence-electron chi connectivity index (χ2n) is 12.4. The van der Waals surface area contributed by atoms with Crippen molar-refractivity contribution in [1.29, 1.82) is 10.5 Å². The highest BCUT2D eigenvalue weighted by molar-refractivity contribution is 5.99. The maximum absolute atomic E-state index is 14.0. The average molecular weight is 538 g/mol.